The minimum Gasteiger partial charge on any atom is -0.352 e. The zero-order valence-electron chi connectivity index (χ0n) is 6.10. The molecule has 0 radical (unpaired) electrons. The maximum absolute atomic E-state index is 10.7. The van der Waals surface area contributed by atoms with Crippen LogP contribution in [0.15, 0.2) is 0 Å². The third-order valence-electron chi connectivity index (χ3n) is 1.73. The predicted molar refractivity (Wildman–Crippen MR) is 41.5 cm³/mol. The maximum atomic E-state index is 10.7. The largest absolute Gasteiger partial charge is 0.352 e. The summed E-state index contributed by atoms with van der Waals surface area (Å²) in [7, 11) is 0. The van der Waals surface area contributed by atoms with Crippen molar-refractivity contribution in [1.29, 1.82) is 0 Å². The first-order valence-electron chi connectivity index (χ1n) is 3.59. The molecule has 1 atom stereocenters. The number of amides is 1. The lowest BCUT2D eigenvalue weighted by molar-refractivity contribution is -0.119. The third-order valence-corrected chi connectivity index (χ3v) is 1.97. The van der Waals surface area contributed by atoms with E-state index in [4.69, 9.17) is 11.6 Å². The SMILES string of the molecule is O=C1CCC(NC(=O)CCl)C1. The topological polar surface area (TPSA) is 46.2 Å². The molecule has 1 N–H and O–H groups in total. The second-order valence-corrected chi connectivity index (χ2v) is 2.95. The Bertz CT molecular complexity index is 181. The lowest BCUT2D eigenvalue weighted by Gasteiger charge is -2.08. The summed E-state index contributed by atoms with van der Waals surface area (Å²) in [6.07, 6.45) is 1.83. The van der Waals surface area contributed by atoms with Crippen LogP contribution in [-0.4, -0.2) is 23.6 Å². The molecule has 1 aliphatic rings. The van der Waals surface area contributed by atoms with Gasteiger partial charge in [0.1, 0.15) is 11.7 Å². The molecule has 0 aromatic carbocycles. The molecular formula is C7H10ClNO2. The summed E-state index contributed by atoms with van der Waals surface area (Å²) in [4.78, 5) is 21.5. The van der Waals surface area contributed by atoms with Gasteiger partial charge in [0.05, 0.1) is 0 Å². The number of ketones is 1. The summed E-state index contributed by atoms with van der Waals surface area (Å²) in [5, 5.41) is 2.67. The monoisotopic (exact) mass is 175 g/mol. The van der Waals surface area contributed by atoms with Crippen LogP contribution in [0.25, 0.3) is 0 Å². The fourth-order valence-corrected chi connectivity index (χ4v) is 1.28. The van der Waals surface area contributed by atoms with Crippen LogP contribution in [0.2, 0.25) is 0 Å². The van der Waals surface area contributed by atoms with Crippen molar-refractivity contribution in [3.8, 4) is 0 Å². The fourth-order valence-electron chi connectivity index (χ4n) is 1.20. The highest BCUT2D eigenvalue weighted by atomic mass is 35.5. The van der Waals surface area contributed by atoms with Crippen molar-refractivity contribution in [3.05, 3.63) is 0 Å². The molecule has 0 aromatic heterocycles. The number of alkyl halides is 1. The number of halogens is 1. The molecule has 1 rings (SSSR count). The van der Waals surface area contributed by atoms with Crippen LogP contribution >= 0.6 is 11.6 Å². The Morgan fingerprint density at radius 3 is 2.91 bits per heavy atom. The number of hydrogen-bond acceptors (Lipinski definition) is 2. The van der Waals surface area contributed by atoms with E-state index in [9.17, 15) is 9.59 Å². The molecule has 0 aromatic rings. The van der Waals surface area contributed by atoms with Crippen LogP contribution in [0.1, 0.15) is 19.3 Å². The molecule has 0 bridgehead atoms. The van der Waals surface area contributed by atoms with Gasteiger partial charge in [0.15, 0.2) is 0 Å². The lowest BCUT2D eigenvalue weighted by atomic mass is 10.2. The number of carbonyl (C=O) groups is 2. The summed E-state index contributed by atoms with van der Waals surface area (Å²) >= 11 is 5.27. The predicted octanol–water partition coefficient (Wildman–Crippen LogP) is 0.463. The Kier molecular flexibility index (Phi) is 2.88. The normalized spacial score (nSPS) is 23.7. The van der Waals surface area contributed by atoms with E-state index < -0.39 is 0 Å². The molecule has 0 spiro atoms. The fraction of sp³-hybridized carbons (Fsp3) is 0.714. The van der Waals surface area contributed by atoms with Gasteiger partial charge in [-0.3, -0.25) is 9.59 Å². The molecule has 1 aliphatic carbocycles. The maximum Gasteiger partial charge on any atom is 0.235 e. The van der Waals surface area contributed by atoms with Crippen LogP contribution in [0.5, 0.6) is 0 Å². The van der Waals surface area contributed by atoms with Gasteiger partial charge in [-0.15, -0.1) is 11.6 Å². The number of carbonyl (C=O) groups excluding carboxylic acids is 2. The third kappa shape index (κ3) is 2.50. The van der Waals surface area contributed by atoms with E-state index in [-0.39, 0.29) is 23.6 Å². The quantitative estimate of drug-likeness (QED) is 0.620. The van der Waals surface area contributed by atoms with Gasteiger partial charge in [-0.1, -0.05) is 0 Å². The summed E-state index contributed by atoms with van der Waals surface area (Å²) in [5.41, 5.74) is 0. The lowest BCUT2D eigenvalue weighted by Crippen LogP contribution is -2.33. The molecule has 0 saturated heterocycles. The number of Topliss-reactive ketones (excluding diaryl/α,β-unsaturated/α-hetero) is 1. The Hall–Kier alpha value is -0.570. The van der Waals surface area contributed by atoms with Crippen molar-refractivity contribution in [2.45, 2.75) is 25.3 Å². The Morgan fingerprint density at radius 2 is 2.45 bits per heavy atom. The summed E-state index contributed by atoms with van der Waals surface area (Å²) in [6.45, 7) is 0. The number of nitrogens with one attached hydrogen (secondary N) is 1. The molecule has 1 saturated carbocycles. The van der Waals surface area contributed by atoms with Gasteiger partial charge in [0.2, 0.25) is 5.91 Å². The van der Waals surface area contributed by atoms with Crippen LogP contribution in [0, 0.1) is 0 Å². The van der Waals surface area contributed by atoms with E-state index in [0.717, 1.165) is 6.42 Å². The summed E-state index contributed by atoms with van der Waals surface area (Å²) in [5.74, 6) is 0.0151. The summed E-state index contributed by atoms with van der Waals surface area (Å²) < 4.78 is 0. The first-order chi connectivity index (χ1) is 5.22. The Labute approximate surface area is 70.1 Å². The van der Waals surface area contributed by atoms with Crippen LogP contribution in [0.4, 0.5) is 0 Å². The molecule has 11 heavy (non-hydrogen) atoms. The molecule has 0 heterocycles. The van der Waals surface area contributed by atoms with Crippen molar-refractivity contribution in [1.82, 2.24) is 5.32 Å². The van der Waals surface area contributed by atoms with E-state index in [1.54, 1.807) is 0 Å². The molecule has 4 heteroatoms. The van der Waals surface area contributed by atoms with Gasteiger partial charge in [0, 0.05) is 18.9 Å². The first kappa shape index (κ1) is 8.53. The molecule has 0 aliphatic heterocycles. The van der Waals surface area contributed by atoms with E-state index in [1.165, 1.54) is 0 Å². The van der Waals surface area contributed by atoms with Gasteiger partial charge in [-0.2, -0.15) is 0 Å². The van der Waals surface area contributed by atoms with Gasteiger partial charge in [-0.25, -0.2) is 0 Å². The van der Waals surface area contributed by atoms with Crippen LogP contribution in [0.3, 0.4) is 0 Å². The minimum absolute atomic E-state index is 0.0231. The Balaban J connectivity index is 2.28. The van der Waals surface area contributed by atoms with E-state index >= 15 is 0 Å². The highest BCUT2D eigenvalue weighted by Gasteiger charge is 2.22. The van der Waals surface area contributed by atoms with Crippen LogP contribution < -0.4 is 5.32 Å². The Morgan fingerprint density at radius 1 is 1.73 bits per heavy atom. The van der Waals surface area contributed by atoms with Crippen molar-refractivity contribution in [2.24, 2.45) is 0 Å². The average Bonchev–Trinajstić information content (AvgIpc) is 2.35. The van der Waals surface area contributed by atoms with E-state index in [1.807, 2.05) is 0 Å². The number of rotatable bonds is 2. The van der Waals surface area contributed by atoms with Crippen molar-refractivity contribution >= 4 is 23.3 Å². The number of hydrogen-bond donors (Lipinski definition) is 1. The van der Waals surface area contributed by atoms with Crippen molar-refractivity contribution < 1.29 is 9.59 Å². The standard InChI is InChI=1S/C7H10ClNO2/c8-4-7(11)9-5-1-2-6(10)3-5/h5H,1-4H2,(H,9,11). The molecule has 62 valence electrons. The minimum atomic E-state index is -0.189. The van der Waals surface area contributed by atoms with E-state index in [2.05, 4.69) is 5.32 Å². The van der Waals surface area contributed by atoms with Gasteiger partial charge < -0.3 is 5.32 Å². The first-order valence-corrected chi connectivity index (χ1v) is 4.13. The highest BCUT2D eigenvalue weighted by Crippen LogP contribution is 2.13. The molecule has 1 amide bonds. The smallest absolute Gasteiger partial charge is 0.235 e. The molecule has 1 fully saturated rings. The van der Waals surface area contributed by atoms with Gasteiger partial charge in [-0.05, 0) is 6.42 Å². The van der Waals surface area contributed by atoms with E-state index in [0.29, 0.717) is 12.8 Å². The molecule has 3 nitrogen and oxygen atoms in total. The second kappa shape index (κ2) is 3.72. The van der Waals surface area contributed by atoms with Crippen LogP contribution in [-0.2, 0) is 9.59 Å². The summed E-state index contributed by atoms with van der Waals surface area (Å²) in [6, 6.07) is 0.0359. The average molecular weight is 176 g/mol. The molecule has 1 unspecified atom stereocenters. The zero-order valence-corrected chi connectivity index (χ0v) is 6.86. The van der Waals surface area contributed by atoms with Crippen molar-refractivity contribution in [2.75, 3.05) is 5.88 Å². The second-order valence-electron chi connectivity index (χ2n) is 2.68. The zero-order chi connectivity index (χ0) is 8.27. The van der Waals surface area contributed by atoms with Crippen molar-refractivity contribution in [3.63, 3.8) is 0 Å². The molecular weight excluding hydrogens is 166 g/mol. The van der Waals surface area contributed by atoms with Gasteiger partial charge in [0.25, 0.3) is 0 Å². The van der Waals surface area contributed by atoms with Gasteiger partial charge >= 0.3 is 0 Å². The highest BCUT2D eigenvalue weighted by molar-refractivity contribution is 6.27.